The molecule has 1 aliphatic rings. The van der Waals surface area contributed by atoms with Crippen molar-refractivity contribution in [3.05, 3.63) is 30.3 Å². The number of para-hydroxylation sites is 1. The summed E-state index contributed by atoms with van der Waals surface area (Å²) in [6.07, 6.45) is 2.37. The lowest BCUT2D eigenvalue weighted by atomic mass is 10.2. The molecule has 1 atom stereocenters. The summed E-state index contributed by atoms with van der Waals surface area (Å²) in [7, 11) is 0. The van der Waals surface area contributed by atoms with Crippen LogP contribution in [0.15, 0.2) is 30.3 Å². The lowest BCUT2D eigenvalue weighted by Crippen LogP contribution is -2.40. The van der Waals surface area contributed by atoms with E-state index in [4.69, 9.17) is 15.2 Å². The molecule has 0 spiro atoms. The van der Waals surface area contributed by atoms with Crippen molar-refractivity contribution >= 4 is 18.3 Å². The first kappa shape index (κ1) is 17.8. The highest BCUT2D eigenvalue weighted by molar-refractivity contribution is 5.85. The molecule has 0 bridgehead atoms. The maximum Gasteiger partial charge on any atom is 0.246 e. The van der Waals surface area contributed by atoms with Crippen LogP contribution in [0.2, 0.25) is 0 Å². The number of halogens is 1. The van der Waals surface area contributed by atoms with Crippen molar-refractivity contribution in [2.45, 2.75) is 18.9 Å². The largest absolute Gasteiger partial charge is 0.491 e. The first-order valence-corrected chi connectivity index (χ1v) is 7.03. The van der Waals surface area contributed by atoms with Gasteiger partial charge >= 0.3 is 0 Å². The van der Waals surface area contributed by atoms with Crippen LogP contribution in [0, 0.1) is 5.92 Å². The van der Waals surface area contributed by atoms with Gasteiger partial charge in [-0.2, -0.15) is 0 Å². The van der Waals surface area contributed by atoms with Gasteiger partial charge in [-0.1, -0.05) is 18.2 Å². The second-order valence-corrected chi connectivity index (χ2v) is 5.02. The van der Waals surface area contributed by atoms with E-state index in [2.05, 4.69) is 5.32 Å². The molecule has 3 N–H and O–H groups in total. The fraction of sp³-hybridized carbons (Fsp3) is 0.533. The number of rotatable bonds is 9. The summed E-state index contributed by atoms with van der Waals surface area (Å²) in [6, 6.07) is 9.60. The average Bonchev–Trinajstić information content (AvgIpc) is 3.30. The van der Waals surface area contributed by atoms with Crippen molar-refractivity contribution in [3.63, 3.8) is 0 Å². The number of amides is 1. The molecule has 1 saturated carbocycles. The van der Waals surface area contributed by atoms with Crippen LogP contribution in [0.25, 0.3) is 0 Å². The van der Waals surface area contributed by atoms with Gasteiger partial charge in [0, 0.05) is 12.6 Å². The van der Waals surface area contributed by atoms with E-state index in [1.165, 1.54) is 12.8 Å². The van der Waals surface area contributed by atoms with Crippen molar-refractivity contribution in [2.24, 2.45) is 11.7 Å². The fourth-order valence-corrected chi connectivity index (χ4v) is 1.87. The van der Waals surface area contributed by atoms with Gasteiger partial charge in [0.25, 0.3) is 0 Å². The third kappa shape index (κ3) is 7.32. The van der Waals surface area contributed by atoms with E-state index >= 15 is 0 Å². The van der Waals surface area contributed by atoms with Crippen molar-refractivity contribution < 1.29 is 14.3 Å². The molecule has 1 fully saturated rings. The average molecular weight is 315 g/mol. The Hall–Kier alpha value is -1.30. The van der Waals surface area contributed by atoms with Crippen LogP contribution in [-0.4, -0.2) is 38.3 Å². The summed E-state index contributed by atoms with van der Waals surface area (Å²) in [5.74, 6) is 1.27. The zero-order chi connectivity index (χ0) is 14.2. The number of hydrogen-bond acceptors (Lipinski definition) is 4. The Morgan fingerprint density at radius 2 is 2.00 bits per heavy atom. The molecule has 118 valence electrons. The Morgan fingerprint density at radius 1 is 1.29 bits per heavy atom. The van der Waals surface area contributed by atoms with Gasteiger partial charge in [0.05, 0.1) is 6.61 Å². The van der Waals surface area contributed by atoms with Crippen molar-refractivity contribution in [2.75, 3.05) is 26.4 Å². The molecular weight excluding hydrogens is 292 g/mol. The van der Waals surface area contributed by atoms with Gasteiger partial charge in [-0.25, -0.2) is 0 Å². The van der Waals surface area contributed by atoms with Crippen molar-refractivity contribution in [1.29, 1.82) is 0 Å². The lowest BCUT2D eigenvalue weighted by molar-refractivity contribution is -0.126. The maximum atomic E-state index is 11.5. The quantitative estimate of drug-likeness (QED) is 0.675. The Morgan fingerprint density at radius 3 is 2.67 bits per heavy atom. The van der Waals surface area contributed by atoms with Gasteiger partial charge < -0.3 is 20.5 Å². The van der Waals surface area contributed by atoms with Gasteiger partial charge in [-0.3, -0.25) is 4.79 Å². The molecule has 1 amide bonds. The topological polar surface area (TPSA) is 73.6 Å². The Labute approximate surface area is 131 Å². The molecule has 6 heteroatoms. The summed E-state index contributed by atoms with van der Waals surface area (Å²) >= 11 is 0. The number of benzene rings is 1. The molecule has 0 aromatic heterocycles. The minimum absolute atomic E-state index is 0. The molecule has 1 aromatic carbocycles. The van der Waals surface area contributed by atoms with Crippen molar-refractivity contribution in [3.8, 4) is 5.75 Å². The predicted octanol–water partition coefficient (Wildman–Crippen LogP) is 1.36. The van der Waals surface area contributed by atoms with E-state index in [1.54, 1.807) is 0 Å². The van der Waals surface area contributed by atoms with E-state index in [0.717, 1.165) is 5.75 Å². The van der Waals surface area contributed by atoms with Crippen LogP contribution < -0.4 is 15.8 Å². The number of nitrogens with two attached hydrogens (primary N) is 1. The number of hydrogen-bond donors (Lipinski definition) is 2. The van der Waals surface area contributed by atoms with Crippen LogP contribution >= 0.6 is 12.4 Å². The van der Waals surface area contributed by atoms with Crippen LogP contribution in [0.4, 0.5) is 0 Å². The summed E-state index contributed by atoms with van der Waals surface area (Å²) < 4.78 is 10.7. The second kappa shape index (κ2) is 9.60. The smallest absolute Gasteiger partial charge is 0.246 e. The highest BCUT2D eigenvalue weighted by atomic mass is 35.5. The highest BCUT2D eigenvalue weighted by Gasteiger charge is 2.28. The zero-order valence-corrected chi connectivity index (χ0v) is 12.8. The van der Waals surface area contributed by atoms with Gasteiger partial charge in [-0.15, -0.1) is 12.4 Å². The number of carbonyl (C=O) groups excluding carboxylic acids is 1. The van der Waals surface area contributed by atoms with Gasteiger partial charge in [-0.05, 0) is 30.9 Å². The molecule has 1 aliphatic carbocycles. The van der Waals surface area contributed by atoms with Gasteiger partial charge in [0.2, 0.25) is 5.91 Å². The van der Waals surface area contributed by atoms with Crippen LogP contribution in [0.5, 0.6) is 5.75 Å². The van der Waals surface area contributed by atoms with E-state index in [9.17, 15) is 4.79 Å². The maximum absolute atomic E-state index is 11.5. The summed E-state index contributed by atoms with van der Waals surface area (Å²) in [6.45, 7) is 1.40. The Bertz CT molecular complexity index is 413. The van der Waals surface area contributed by atoms with Crippen LogP contribution in [0.3, 0.4) is 0 Å². The molecule has 0 aliphatic heterocycles. The standard InChI is InChI=1S/C15H22N2O3.ClH/c16-14(12-6-7-12)10-17-15(18)11-19-8-9-20-13-4-2-1-3-5-13;/h1-5,12,14H,6-11,16H2,(H,17,18);1H. The first-order chi connectivity index (χ1) is 9.75. The molecule has 2 rings (SSSR count). The molecule has 0 radical (unpaired) electrons. The highest BCUT2D eigenvalue weighted by Crippen LogP contribution is 2.31. The SMILES string of the molecule is Cl.NC(CNC(=O)COCCOc1ccccc1)C1CC1. The number of ether oxygens (including phenoxy) is 2. The van der Waals surface area contributed by atoms with E-state index in [0.29, 0.717) is 25.7 Å². The molecular formula is C15H23ClN2O3. The summed E-state index contributed by atoms with van der Waals surface area (Å²) in [5.41, 5.74) is 5.89. The van der Waals surface area contributed by atoms with Gasteiger partial charge in [0.15, 0.2) is 0 Å². The van der Waals surface area contributed by atoms with Crippen LogP contribution in [-0.2, 0) is 9.53 Å². The van der Waals surface area contributed by atoms with E-state index in [-0.39, 0.29) is 31.0 Å². The number of nitrogens with one attached hydrogen (secondary N) is 1. The van der Waals surface area contributed by atoms with E-state index < -0.39 is 0 Å². The lowest BCUT2D eigenvalue weighted by Gasteiger charge is -2.11. The van der Waals surface area contributed by atoms with Crippen LogP contribution in [0.1, 0.15) is 12.8 Å². The predicted molar refractivity (Wildman–Crippen MR) is 83.7 cm³/mol. The second-order valence-electron chi connectivity index (χ2n) is 5.02. The first-order valence-electron chi connectivity index (χ1n) is 7.03. The molecule has 0 heterocycles. The van der Waals surface area contributed by atoms with E-state index in [1.807, 2.05) is 30.3 Å². The monoisotopic (exact) mass is 314 g/mol. The van der Waals surface area contributed by atoms with Crippen molar-refractivity contribution in [1.82, 2.24) is 5.32 Å². The third-order valence-electron chi connectivity index (χ3n) is 3.24. The molecule has 1 unspecified atom stereocenters. The Balaban J connectivity index is 0.00000220. The minimum Gasteiger partial charge on any atom is -0.491 e. The molecule has 5 nitrogen and oxygen atoms in total. The third-order valence-corrected chi connectivity index (χ3v) is 3.24. The molecule has 1 aromatic rings. The summed E-state index contributed by atoms with van der Waals surface area (Å²) in [5, 5.41) is 2.78. The molecule has 21 heavy (non-hydrogen) atoms. The minimum atomic E-state index is -0.124. The zero-order valence-electron chi connectivity index (χ0n) is 12.0. The fourth-order valence-electron chi connectivity index (χ4n) is 1.87. The van der Waals surface area contributed by atoms with Gasteiger partial charge in [0.1, 0.15) is 19.0 Å². The Kier molecular flexibility index (Phi) is 8.12. The molecule has 0 saturated heterocycles. The summed E-state index contributed by atoms with van der Waals surface area (Å²) in [4.78, 5) is 11.5. The number of carbonyl (C=O) groups is 1. The normalized spacial score (nSPS) is 14.9.